The maximum absolute atomic E-state index is 12.0. The molecule has 1 amide bonds. The number of carbonyl (C=O) groups excluding carboxylic acids is 1. The van der Waals surface area contributed by atoms with Gasteiger partial charge < -0.3 is 15.6 Å². The van der Waals surface area contributed by atoms with Crippen molar-refractivity contribution in [2.75, 3.05) is 11.6 Å². The molecule has 0 aliphatic rings. The second-order valence-corrected chi connectivity index (χ2v) is 6.67. The standard InChI is InChI=1S/C14H15N5O2S2/c1-9(11-5-3-7-22-11)16-12(20)8-23-14-18-17-13(19(14)15)10-4-2-6-21-10/h2-7,9H,8,15H2,1H3,(H,16,20). The molecule has 9 heteroatoms. The maximum atomic E-state index is 12.0. The van der Waals surface area contributed by atoms with E-state index in [1.165, 1.54) is 22.7 Å². The molecule has 3 heterocycles. The average molecular weight is 349 g/mol. The van der Waals surface area contributed by atoms with Crippen LogP contribution in [0.5, 0.6) is 0 Å². The van der Waals surface area contributed by atoms with Crippen molar-refractivity contribution < 1.29 is 9.21 Å². The molecular weight excluding hydrogens is 334 g/mol. The number of nitrogens with zero attached hydrogens (tertiary/aromatic N) is 3. The minimum absolute atomic E-state index is 0.0162. The molecule has 0 aliphatic carbocycles. The van der Waals surface area contributed by atoms with Crippen LogP contribution in [0.4, 0.5) is 0 Å². The van der Waals surface area contributed by atoms with Crippen molar-refractivity contribution in [3.63, 3.8) is 0 Å². The van der Waals surface area contributed by atoms with E-state index in [2.05, 4.69) is 15.5 Å². The lowest BCUT2D eigenvalue weighted by molar-refractivity contribution is -0.119. The van der Waals surface area contributed by atoms with Gasteiger partial charge in [0.05, 0.1) is 18.1 Å². The molecule has 3 rings (SSSR count). The summed E-state index contributed by atoms with van der Waals surface area (Å²) >= 11 is 2.84. The molecule has 0 saturated heterocycles. The Morgan fingerprint density at radius 1 is 1.48 bits per heavy atom. The summed E-state index contributed by atoms with van der Waals surface area (Å²) in [6, 6.07) is 7.44. The summed E-state index contributed by atoms with van der Waals surface area (Å²) < 4.78 is 6.56. The first kappa shape index (κ1) is 15.6. The quantitative estimate of drug-likeness (QED) is 0.523. The summed E-state index contributed by atoms with van der Waals surface area (Å²) in [5, 5.41) is 13.3. The van der Waals surface area contributed by atoms with Crippen LogP contribution in [0, 0.1) is 0 Å². The Kier molecular flexibility index (Phi) is 4.68. The molecule has 3 aromatic heterocycles. The van der Waals surface area contributed by atoms with Gasteiger partial charge in [-0.15, -0.1) is 21.5 Å². The largest absolute Gasteiger partial charge is 0.461 e. The number of carbonyl (C=O) groups is 1. The molecule has 1 atom stereocenters. The molecule has 23 heavy (non-hydrogen) atoms. The first-order valence-electron chi connectivity index (χ1n) is 6.85. The molecule has 3 N–H and O–H groups in total. The van der Waals surface area contributed by atoms with Gasteiger partial charge >= 0.3 is 0 Å². The van der Waals surface area contributed by atoms with Crippen LogP contribution in [0.1, 0.15) is 17.8 Å². The van der Waals surface area contributed by atoms with Crippen molar-refractivity contribution in [1.29, 1.82) is 0 Å². The van der Waals surface area contributed by atoms with Crippen molar-refractivity contribution in [2.45, 2.75) is 18.1 Å². The molecule has 0 radical (unpaired) electrons. The van der Waals surface area contributed by atoms with E-state index in [9.17, 15) is 4.79 Å². The second kappa shape index (κ2) is 6.88. The summed E-state index contributed by atoms with van der Waals surface area (Å²) in [5.41, 5.74) is 0. The SMILES string of the molecule is CC(NC(=O)CSc1nnc(-c2ccco2)n1N)c1cccs1. The molecular formula is C14H15N5O2S2. The Morgan fingerprint density at radius 2 is 2.35 bits per heavy atom. The van der Waals surface area contributed by atoms with Crippen LogP contribution in [0.3, 0.4) is 0 Å². The van der Waals surface area contributed by atoms with E-state index < -0.39 is 0 Å². The van der Waals surface area contributed by atoms with Crippen molar-refractivity contribution in [2.24, 2.45) is 0 Å². The smallest absolute Gasteiger partial charge is 0.230 e. The predicted molar refractivity (Wildman–Crippen MR) is 89.5 cm³/mol. The summed E-state index contributed by atoms with van der Waals surface area (Å²) in [7, 11) is 0. The highest BCUT2D eigenvalue weighted by Crippen LogP contribution is 2.22. The molecule has 7 nitrogen and oxygen atoms in total. The zero-order valence-corrected chi connectivity index (χ0v) is 13.9. The van der Waals surface area contributed by atoms with Gasteiger partial charge in [-0.05, 0) is 30.5 Å². The fraction of sp³-hybridized carbons (Fsp3) is 0.214. The van der Waals surface area contributed by atoms with E-state index in [4.69, 9.17) is 10.3 Å². The van der Waals surface area contributed by atoms with Crippen molar-refractivity contribution in [1.82, 2.24) is 20.2 Å². The lowest BCUT2D eigenvalue weighted by Gasteiger charge is -2.11. The van der Waals surface area contributed by atoms with Gasteiger partial charge in [0.25, 0.3) is 0 Å². The van der Waals surface area contributed by atoms with Gasteiger partial charge in [0.1, 0.15) is 0 Å². The molecule has 1 unspecified atom stereocenters. The van der Waals surface area contributed by atoms with Crippen LogP contribution in [0.2, 0.25) is 0 Å². The Labute approximate surface area is 140 Å². The third-order valence-corrected chi connectivity index (χ3v) is 5.08. The van der Waals surface area contributed by atoms with Crippen molar-refractivity contribution in [3.05, 3.63) is 40.8 Å². The van der Waals surface area contributed by atoms with E-state index in [1.807, 2.05) is 24.4 Å². The molecule has 120 valence electrons. The maximum Gasteiger partial charge on any atom is 0.230 e. The number of nitrogen functional groups attached to an aromatic ring is 1. The average Bonchev–Trinajstić information content (AvgIpc) is 3.27. The molecule has 0 aliphatic heterocycles. The molecule has 0 bridgehead atoms. The van der Waals surface area contributed by atoms with E-state index >= 15 is 0 Å². The van der Waals surface area contributed by atoms with Crippen LogP contribution in [0.25, 0.3) is 11.6 Å². The Bertz CT molecular complexity index is 767. The Balaban J connectivity index is 1.57. The number of amides is 1. The molecule has 0 fully saturated rings. The van der Waals surface area contributed by atoms with E-state index in [0.717, 1.165) is 4.88 Å². The molecule has 0 aromatic carbocycles. The summed E-state index contributed by atoms with van der Waals surface area (Å²) in [6.07, 6.45) is 1.54. The Morgan fingerprint density at radius 3 is 3.04 bits per heavy atom. The molecule has 3 aromatic rings. The van der Waals surface area contributed by atoms with Gasteiger partial charge in [0, 0.05) is 4.88 Å². The van der Waals surface area contributed by atoms with Gasteiger partial charge in [-0.2, -0.15) is 0 Å². The summed E-state index contributed by atoms with van der Waals surface area (Å²) in [5.74, 6) is 7.02. The minimum atomic E-state index is -0.0848. The zero-order chi connectivity index (χ0) is 16.2. The fourth-order valence-corrected chi connectivity index (χ4v) is 3.37. The summed E-state index contributed by atoms with van der Waals surface area (Å²) in [4.78, 5) is 13.1. The number of thioether (sulfide) groups is 1. The fourth-order valence-electron chi connectivity index (χ4n) is 1.97. The van der Waals surface area contributed by atoms with Crippen LogP contribution < -0.4 is 11.2 Å². The van der Waals surface area contributed by atoms with Crippen molar-refractivity contribution in [3.8, 4) is 11.6 Å². The number of thiophene rings is 1. The zero-order valence-electron chi connectivity index (χ0n) is 12.3. The molecule has 0 spiro atoms. The number of furan rings is 1. The van der Waals surface area contributed by atoms with Crippen LogP contribution in [0.15, 0.2) is 45.5 Å². The van der Waals surface area contributed by atoms with Gasteiger partial charge in [0.15, 0.2) is 5.76 Å². The first-order chi connectivity index (χ1) is 11.1. The minimum Gasteiger partial charge on any atom is -0.461 e. The highest BCUT2D eigenvalue weighted by atomic mass is 32.2. The van der Waals surface area contributed by atoms with Gasteiger partial charge in [-0.1, -0.05) is 17.8 Å². The van der Waals surface area contributed by atoms with E-state index in [-0.39, 0.29) is 17.7 Å². The number of rotatable bonds is 6. The number of hydrogen-bond donors (Lipinski definition) is 2. The highest BCUT2D eigenvalue weighted by Gasteiger charge is 2.16. The van der Waals surface area contributed by atoms with Gasteiger partial charge in [-0.25, -0.2) is 4.68 Å². The van der Waals surface area contributed by atoms with Crippen molar-refractivity contribution >= 4 is 29.0 Å². The highest BCUT2D eigenvalue weighted by molar-refractivity contribution is 7.99. The monoisotopic (exact) mass is 349 g/mol. The van der Waals surface area contributed by atoms with Crippen LogP contribution in [-0.4, -0.2) is 26.5 Å². The predicted octanol–water partition coefficient (Wildman–Crippen LogP) is 2.28. The number of nitrogens with one attached hydrogen (secondary N) is 1. The van der Waals surface area contributed by atoms with Gasteiger partial charge in [-0.3, -0.25) is 4.79 Å². The summed E-state index contributed by atoms with van der Waals surface area (Å²) in [6.45, 7) is 1.95. The number of hydrogen-bond acceptors (Lipinski definition) is 7. The third-order valence-electron chi connectivity index (χ3n) is 3.09. The lowest BCUT2D eigenvalue weighted by Crippen LogP contribution is -2.28. The van der Waals surface area contributed by atoms with E-state index in [0.29, 0.717) is 16.7 Å². The third kappa shape index (κ3) is 3.57. The normalized spacial score (nSPS) is 12.2. The second-order valence-electron chi connectivity index (χ2n) is 4.75. The number of aromatic nitrogens is 3. The number of nitrogens with two attached hydrogens (primary N) is 1. The van der Waals surface area contributed by atoms with Crippen LogP contribution in [-0.2, 0) is 4.79 Å². The lowest BCUT2D eigenvalue weighted by atomic mass is 10.3. The van der Waals surface area contributed by atoms with Crippen LogP contribution >= 0.6 is 23.1 Å². The Hall–Kier alpha value is -2.26. The topological polar surface area (TPSA) is 99.0 Å². The first-order valence-corrected chi connectivity index (χ1v) is 8.71. The molecule has 0 saturated carbocycles. The van der Waals surface area contributed by atoms with Gasteiger partial charge in [0.2, 0.25) is 16.9 Å². The van der Waals surface area contributed by atoms with E-state index in [1.54, 1.807) is 23.5 Å².